The summed E-state index contributed by atoms with van der Waals surface area (Å²) < 4.78 is 12.6. The van der Waals surface area contributed by atoms with Crippen molar-refractivity contribution in [3.8, 4) is 17.3 Å². The van der Waals surface area contributed by atoms with Crippen molar-refractivity contribution in [1.29, 1.82) is 0 Å². The Morgan fingerprint density at radius 2 is 1.71 bits per heavy atom. The third kappa shape index (κ3) is 1.90. The first-order valence-electron chi connectivity index (χ1n) is 7.65. The number of pyridine rings is 1. The summed E-state index contributed by atoms with van der Waals surface area (Å²) in [6.45, 7) is 7.74. The van der Waals surface area contributed by atoms with E-state index >= 15 is 0 Å². The van der Waals surface area contributed by atoms with Crippen LogP contribution in [0.25, 0.3) is 28.1 Å². The van der Waals surface area contributed by atoms with E-state index in [1.807, 2.05) is 38.2 Å². The van der Waals surface area contributed by atoms with Crippen LogP contribution < -0.4 is 4.74 Å². The van der Waals surface area contributed by atoms with E-state index in [4.69, 9.17) is 14.2 Å². The predicted molar refractivity (Wildman–Crippen MR) is 89.3 cm³/mol. The number of fused-ring (bicyclic) bond motifs is 3. The SMILES string of the molecule is COc1ccc2nc(C)c3c(C)nc(-c4c(C)noc4C)n3c2n1. The van der Waals surface area contributed by atoms with Gasteiger partial charge < -0.3 is 9.26 Å². The Kier molecular flexibility index (Phi) is 3.06. The van der Waals surface area contributed by atoms with Gasteiger partial charge in [0.2, 0.25) is 5.88 Å². The first-order valence-corrected chi connectivity index (χ1v) is 7.65. The van der Waals surface area contributed by atoms with Gasteiger partial charge >= 0.3 is 0 Å². The average molecular weight is 323 g/mol. The van der Waals surface area contributed by atoms with Crippen LogP contribution in [0.2, 0.25) is 0 Å². The molecule has 24 heavy (non-hydrogen) atoms. The first-order chi connectivity index (χ1) is 11.5. The van der Waals surface area contributed by atoms with Gasteiger partial charge in [0.25, 0.3) is 0 Å². The lowest BCUT2D eigenvalue weighted by Crippen LogP contribution is -2.01. The van der Waals surface area contributed by atoms with E-state index in [0.717, 1.165) is 45.3 Å². The van der Waals surface area contributed by atoms with Gasteiger partial charge in [0.1, 0.15) is 11.3 Å². The Morgan fingerprint density at radius 3 is 2.38 bits per heavy atom. The van der Waals surface area contributed by atoms with Crippen LogP contribution >= 0.6 is 0 Å². The van der Waals surface area contributed by atoms with Crippen LogP contribution in [0.3, 0.4) is 0 Å². The maximum absolute atomic E-state index is 5.33. The summed E-state index contributed by atoms with van der Waals surface area (Å²) in [5, 5.41) is 4.06. The molecular weight excluding hydrogens is 306 g/mol. The maximum Gasteiger partial charge on any atom is 0.215 e. The average Bonchev–Trinajstić information content (AvgIpc) is 3.07. The van der Waals surface area contributed by atoms with E-state index in [1.54, 1.807) is 13.2 Å². The Bertz CT molecular complexity index is 1070. The molecule has 0 bridgehead atoms. The summed E-state index contributed by atoms with van der Waals surface area (Å²) in [5.41, 5.74) is 5.90. The molecular formula is C17H17N5O2. The summed E-state index contributed by atoms with van der Waals surface area (Å²) in [6, 6.07) is 3.71. The number of ether oxygens (including phenoxy) is 1. The fraction of sp³-hybridized carbons (Fsp3) is 0.294. The minimum Gasteiger partial charge on any atom is -0.481 e. The predicted octanol–water partition coefficient (Wildman–Crippen LogP) is 3.17. The number of rotatable bonds is 2. The molecule has 0 saturated carbocycles. The summed E-state index contributed by atoms with van der Waals surface area (Å²) in [4.78, 5) is 14.0. The number of hydrogen-bond donors (Lipinski definition) is 0. The fourth-order valence-electron chi connectivity index (χ4n) is 3.15. The highest BCUT2D eigenvalue weighted by atomic mass is 16.5. The molecule has 0 aliphatic carbocycles. The van der Waals surface area contributed by atoms with Crippen molar-refractivity contribution in [2.24, 2.45) is 0 Å². The van der Waals surface area contributed by atoms with Gasteiger partial charge in [-0.3, -0.25) is 4.40 Å². The smallest absolute Gasteiger partial charge is 0.215 e. The quantitative estimate of drug-likeness (QED) is 0.564. The second-order valence-electron chi connectivity index (χ2n) is 5.80. The molecule has 7 heteroatoms. The largest absolute Gasteiger partial charge is 0.481 e. The number of methoxy groups -OCH3 is 1. The molecule has 0 fully saturated rings. The van der Waals surface area contributed by atoms with Gasteiger partial charge in [-0.25, -0.2) is 9.97 Å². The van der Waals surface area contributed by atoms with Gasteiger partial charge in [-0.1, -0.05) is 5.16 Å². The van der Waals surface area contributed by atoms with Gasteiger partial charge in [0.15, 0.2) is 11.5 Å². The topological polar surface area (TPSA) is 78.3 Å². The minimum absolute atomic E-state index is 0.533. The third-order valence-electron chi connectivity index (χ3n) is 4.19. The molecule has 0 unspecified atom stereocenters. The van der Waals surface area contributed by atoms with Crippen molar-refractivity contribution in [2.45, 2.75) is 27.7 Å². The molecule has 0 spiro atoms. The lowest BCUT2D eigenvalue weighted by molar-refractivity contribution is 0.393. The van der Waals surface area contributed by atoms with Crippen LogP contribution in [-0.4, -0.2) is 31.6 Å². The van der Waals surface area contributed by atoms with Gasteiger partial charge in [-0.15, -0.1) is 0 Å². The summed E-state index contributed by atoms with van der Waals surface area (Å²) in [5.74, 6) is 2.02. The molecule has 0 saturated heterocycles. The molecule has 0 amide bonds. The van der Waals surface area contributed by atoms with E-state index in [9.17, 15) is 0 Å². The zero-order valence-corrected chi connectivity index (χ0v) is 14.2. The zero-order chi connectivity index (χ0) is 17.0. The highest BCUT2D eigenvalue weighted by Gasteiger charge is 2.22. The van der Waals surface area contributed by atoms with Crippen LogP contribution in [0.1, 0.15) is 22.8 Å². The van der Waals surface area contributed by atoms with E-state index in [0.29, 0.717) is 11.5 Å². The Morgan fingerprint density at radius 1 is 0.958 bits per heavy atom. The molecule has 7 nitrogen and oxygen atoms in total. The number of aromatic nitrogens is 5. The molecule has 4 aromatic heterocycles. The fourth-order valence-corrected chi connectivity index (χ4v) is 3.15. The summed E-state index contributed by atoms with van der Waals surface area (Å²) >= 11 is 0. The molecule has 0 aliphatic rings. The number of aryl methyl sites for hydroxylation is 4. The number of hydrogen-bond acceptors (Lipinski definition) is 6. The molecule has 122 valence electrons. The van der Waals surface area contributed by atoms with Gasteiger partial charge in [0, 0.05) is 6.07 Å². The summed E-state index contributed by atoms with van der Waals surface area (Å²) in [7, 11) is 1.60. The monoisotopic (exact) mass is 323 g/mol. The Labute approximate surface area is 138 Å². The number of imidazole rings is 1. The van der Waals surface area contributed by atoms with Gasteiger partial charge in [0.05, 0.1) is 35.3 Å². The normalized spacial score (nSPS) is 11.5. The van der Waals surface area contributed by atoms with E-state index in [2.05, 4.69) is 15.1 Å². The van der Waals surface area contributed by atoms with Crippen molar-refractivity contribution >= 4 is 16.7 Å². The molecule has 0 aromatic carbocycles. The third-order valence-corrected chi connectivity index (χ3v) is 4.19. The molecule has 4 rings (SSSR count). The Balaban J connectivity index is 2.23. The number of nitrogens with zero attached hydrogens (tertiary/aromatic N) is 5. The van der Waals surface area contributed by atoms with Crippen LogP contribution in [0.4, 0.5) is 0 Å². The molecule has 0 N–H and O–H groups in total. The lowest BCUT2D eigenvalue weighted by Gasteiger charge is -2.08. The molecule has 0 atom stereocenters. The molecule has 4 aromatic rings. The molecule has 0 radical (unpaired) electrons. The van der Waals surface area contributed by atoms with E-state index in [1.165, 1.54) is 0 Å². The maximum atomic E-state index is 5.33. The van der Waals surface area contributed by atoms with E-state index < -0.39 is 0 Å². The van der Waals surface area contributed by atoms with Crippen molar-refractivity contribution in [3.63, 3.8) is 0 Å². The minimum atomic E-state index is 0.533. The van der Waals surface area contributed by atoms with Crippen LogP contribution in [-0.2, 0) is 0 Å². The first kappa shape index (κ1) is 14.6. The standard InChI is InChI=1S/C17H17N5O2/c1-8-14(11(4)24-21-8)17-19-10(3)15-9(2)18-12-6-7-13(23-5)20-16(12)22(15)17/h6-7H,1-5H3. The van der Waals surface area contributed by atoms with Crippen LogP contribution in [0.15, 0.2) is 16.7 Å². The highest BCUT2D eigenvalue weighted by molar-refractivity contribution is 5.81. The zero-order valence-electron chi connectivity index (χ0n) is 14.2. The second-order valence-corrected chi connectivity index (χ2v) is 5.80. The van der Waals surface area contributed by atoms with Crippen molar-refractivity contribution in [2.75, 3.05) is 7.11 Å². The molecule has 0 aliphatic heterocycles. The van der Waals surface area contributed by atoms with E-state index in [-0.39, 0.29) is 0 Å². The highest BCUT2D eigenvalue weighted by Crippen LogP contribution is 2.31. The van der Waals surface area contributed by atoms with Crippen LogP contribution in [0.5, 0.6) is 5.88 Å². The Hall–Kier alpha value is -2.96. The summed E-state index contributed by atoms with van der Waals surface area (Å²) in [6.07, 6.45) is 0. The van der Waals surface area contributed by atoms with Crippen molar-refractivity contribution in [3.05, 3.63) is 35.0 Å². The van der Waals surface area contributed by atoms with Crippen molar-refractivity contribution in [1.82, 2.24) is 24.5 Å². The van der Waals surface area contributed by atoms with Crippen LogP contribution in [0, 0.1) is 27.7 Å². The molecule has 4 heterocycles. The lowest BCUT2D eigenvalue weighted by atomic mass is 10.2. The second kappa shape index (κ2) is 5.02. The van der Waals surface area contributed by atoms with Gasteiger partial charge in [-0.2, -0.15) is 4.98 Å². The van der Waals surface area contributed by atoms with Crippen molar-refractivity contribution < 1.29 is 9.26 Å². The van der Waals surface area contributed by atoms with Gasteiger partial charge in [-0.05, 0) is 33.8 Å².